The lowest BCUT2D eigenvalue weighted by Gasteiger charge is -2.13. The fourth-order valence-electron chi connectivity index (χ4n) is 1.95. The molecular formula is C16H16F3NO2. The summed E-state index contributed by atoms with van der Waals surface area (Å²) in [7, 11) is 1.71. The van der Waals surface area contributed by atoms with Gasteiger partial charge in [-0.2, -0.15) is 0 Å². The van der Waals surface area contributed by atoms with Gasteiger partial charge in [0.15, 0.2) is 0 Å². The third kappa shape index (κ3) is 5.29. The second kappa shape index (κ2) is 7.17. The fraction of sp³-hybridized carbons (Fsp3) is 0.250. The van der Waals surface area contributed by atoms with Crippen molar-refractivity contribution in [3.8, 4) is 11.5 Å². The van der Waals surface area contributed by atoms with E-state index in [9.17, 15) is 13.2 Å². The van der Waals surface area contributed by atoms with Gasteiger partial charge in [0, 0.05) is 12.6 Å². The lowest BCUT2D eigenvalue weighted by molar-refractivity contribution is -0.274. The lowest BCUT2D eigenvalue weighted by atomic mass is 10.2. The van der Waals surface area contributed by atoms with Gasteiger partial charge in [-0.1, -0.05) is 30.3 Å². The first-order valence-corrected chi connectivity index (χ1v) is 6.67. The van der Waals surface area contributed by atoms with Gasteiger partial charge in [-0.05, 0) is 30.3 Å². The van der Waals surface area contributed by atoms with E-state index < -0.39 is 6.36 Å². The molecule has 0 aromatic heterocycles. The Morgan fingerprint density at radius 1 is 0.955 bits per heavy atom. The van der Waals surface area contributed by atoms with Crippen LogP contribution in [-0.2, 0) is 13.2 Å². The van der Waals surface area contributed by atoms with E-state index in [-0.39, 0.29) is 12.4 Å². The minimum Gasteiger partial charge on any atom is -0.489 e. The number of ether oxygens (including phenoxy) is 2. The van der Waals surface area contributed by atoms with Crippen LogP contribution in [0.5, 0.6) is 11.5 Å². The first-order chi connectivity index (χ1) is 10.5. The molecule has 3 nitrogen and oxygen atoms in total. The monoisotopic (exact) mass is 311 g/mol. The molecule has 6 heteroatoms. The topological polar surface area (TPSA) is 30.5 Å². The summed E-state index contributed by atoms with van der Waals surface area (Å²) < 4.78 is 46.6. The van der Waals surface area contributed by atoms with Gasteiger partial charge in [-0.15, -0.1) is 13.2 Å². The van der Waals surface area contributed by atoms with Crippen molar-refractivity contribution in [2.24, 2.45) is 0 Å². The van der Waals surface area contributed by atoms with Crippen LogP contribution in [0.15, 0.2) is 48.5 Å². The van der Waals surface area contributed by atoms with Crippen molar-refractivity contribution < 1.29 is 22.6 Å². The Morgan fingerprint density at radius 2 is 1.64 bits per heavy atom. The average molecular weight is 311 g/mol. The van der Waals surface area contributed by atoms with Crippen molar-refractivity contribution >= 4 is 0 Å². The van der Waals surface area contributed by atoms with Gasteiger partial charge in [0.1, 0.15) is 18.1 Å². The lowest BCUT2D eigenvalue weighted by Crippen LogP contribution is -2.17. The number of benzene rings is 2. The number of alkyl halides is 3. The van der Waals surface area contributed by atoms with E-state index >= 15 is 0 Å². The van der Waals surface area contributed by atoms with E-state index in [0.717, 1.165) is 5.56 Å². The van der Waals surface area contributed by atoms with E-state index in [0.29, 0.717) is 17.9 Å². The van der Waals surface area contributed by atoms with Crippen LogP contribution >= 0.6 is 0 Å². The maximum Gasteiger partial charge on any atom is 0.573 e. The van der Waals surface area contributed by atoms with Crippen LogP contribution in [0.2, 0.25) is 0 Å². The highest BCUT2D eigenvalue weighted by Gasteiger charge is 2.31. The molecule has 0 amide bonds. The molecule has 0 aliphatic carbocycles. The molecule has 22 heavy (non-hydrogen) atoms. The summed E-state index contributed by atoms with van der Waals surface area (Å²) in [6.45, 7) is 0.687. The molecule has 0 bridgehead atoms. The largest absolute Gasteiger partial charge is 0.573 e. The molecule has 118 valence electrons. The molecule has 0 heterocycles. The molecule has 0 saturated heterocycles. The second-order valence-electron chi connectivity index (χ2n) is 4.67. The summed E-state index contributed by atoms with van der Waals surface area (Å²) in [6, 6.07) is 13.6. The Hall–Kier alpha value is -2.21. The highest BCUT2D eigenvalue weighted by Crippen LogP contribution is 2.28. The molecular weight excluding hydrogens is 295 g/mol. The standard InChI is InChI=1S/C16H16F3NO2/c1-20-10-13-7-14(9-15(8-13)22-16(17,18)19)21-11-12-5-3-2-4-6-12/h2-9,20H,10-11H2,1H3. The average Bonchev–Trinajstić information content (AvgIpc) is 2.44. The zero-order chi connectivity index (χ0) is 16.0. The molecule has 0 atom stereocenters. The van der Waals surface area contributed by atoms with Crippen LogP contribution in [0, 0.1) is 0 Å². The Morgan fingerprint density at radius 3 is 2.27 bits per heavy atom. The van der Waals surface area contributed by atoms with E-state index in [4.69, 9.17) is 4.74 Å². The van der Waals surface area contributed by atoms with E-state index in [1.807, 2.05) is 30.3 Å². The summed E-state index contributed by atoms with van der Waals surface area (Å²) in [5, 5.41) is 2.88. The highest BCUT2D eigenvalue weighted by molar-refractivity contribution is 5.38. The zero-order valence-corrected chi connectivity index (χ0v) is 12.0. The normalized spacial score (nSPS) is 11.3. The maximum atomic E-state index is 12.4. The molecule has 0 unspecified atom stereocenters. The van der Waals surface area contributed by atoms with Gasteiger partial charge in [0.05, 0.1) is 0 Å². The molecule has 0 radical (unpaired) electrons. The van der Waals surface area contributed by atoms with Crippen molar-refractivity contribution in [2.75, 3.05) is 7.05 Å². The molecule has 0 saturated carbocycles. The van der Waals surface area contributed by atoms with Gasteiger partial charge in [-0.3, -0.25) is 0 Å². The fourth-order valence-corrected chi connectivity index (χ4v) is 1.95. The van der Waals surface area contributed by atoms with Gasteiger partial charge < -0.3 is 14.8 Å². The molecule has 0 spiro atoms. The summed E-state index contributed by atoms with van der Waals surface area (Å²) in [4.78, 5) is 0. The molecule has 1 N–H and O–H groups in total. The minimum atomic E-state index is -4.73. The molecule has 0 aliphatic heterocycles. The van der Waals surface area contributed by atoms with Gasteiger partial charge in [0.2, 0.25) is 0 Å². The van der Waals surface area contributed by atoms with Crippen molar-refractivity contribution in [3.05, 3.63) is 59.7 Å². The highest BCUT2D eigenvalue weighted by atomic mass is 19.4. The van der Waals surface area contributed by atoms with Gasteiger partial charge in [0.25, 0.3) is 0 Å². The first-order valence-electron chi connectivity index (χ1n) is 6.67. The Kier molecular flexibility index (Phi) is 5.27. The Balaban J connectivity index is 2.14. The van der Waals surface area contributed by atoms with Crippen LogP contribution in [-0.4, -0.2) is 13.4 Å². The molecule has 0 aliphatic rings. The molecule has 0 fully saturated rings. The predicted molar refractivity (Wildman–Crippen MR) is 76.7 cm³/mol. The van der Waals surface area contributed by atoms with Crippen molar-refractivity contribution in [1.29, 1.82) is 0 Å². The smallest absolute Gasteiger partial charge is 0.489 e. The van der Waals surface area contributed by atoms with Crippen LogP contribution in [0.1, 0.15) is 11.1 Å². The zero-order valence-electron chi connectivity index (χ0n) is 12.0. The number of hydrogen-bond acceptors (Lipinski definition) is 3. The van der Waals surface area contributed by atoms with Crippen LogP contribution in [0.25, 0.3) is 0 Å². The van der Waals surface area contributed by atoms with Crippen molar-refractivity contribution in [1.82, 2.24) is 5.32 Å². The molecule has 2 rings (SSSR count). The predicted octanol–water partition coefficient (Wildman–Crippen LogP) is 3.88. The molecule has 2 aromatic carbocycles. The van der Waals surface area contributed by atoms with E-state index in [1.165, 1.54) is 12.1 Å². The maximum absolute atomic E-state index is 12.4. The van der Waals surface area contributed by atoms with Gasteiger partial charge in [-0.25, -0.2) is 0 Å². The van der Waals surface area contributed by atoms with Gasteiger partial charge >= 0.3 is 6.36 Å². The third-order valence-electron chi connectivity index (χ3n) is 2.80. The van der Waals surface area contributed by atoms with Crippen LogP contribution < -0.4 is 14.8 Å². The Bertz CT molecular complexity index is 600. The summed E-state index contributed by atoms with van der Waals surface area (Å²) in [6.07, 6.45) is -4.73. The number of rotatable bonds is 6. The number of hydrogen-bond donors (Lipinski definition) is 1. The summed E-state index contributed by atoms with van der Waals surface area (Å²) >= 11 is 0. The van der Waals surface area contributed by atoms with Crippen molar-refractivity contribution in [2.45, 2.75) is 19.5 Å². The Labute approximate surface area is 126 Å². The SMILES string of the molecule is CNCc1cc(OCc2ccccc2)cc(OC(F)(F)F)c1. The second-order valence-corrected chi connectivity index (χ2v) is 4.67. The van der Waals surface area contributed by atoms with Crippen LogP contribution in [0.3, 0.4) is 0 Å². The number of nitrogens with one attached hydrogen (secondary N) is 1. The minimum absolute atomic E-state index is 0.273. The van der Waals surface area contributed by atoms with Crippen molar-refractivity contribution in [3.63, 3.8) is 0 Å². The third-order valence-corrected chi connectivity index (χ3v) is 2.80. The van der Waals surface area contributed by atoms with E-state index in [1.54, 1.807) is 13.1 Å². The summed E-state index contributed by atoms with van der Waals surface area (Å²) in [5.41, 5.74) is 1.58. The summed E-state index contributed by atoms with van der Waals surface area (Å²) in [5.74, 6) is 0.0409. The molecule has 2 aromatic rings. The first kappa shape index (κ1) is 16.2. The van der Waals surface area contributed by atoms with Crippen LogP contribution in [0.4, 0.5) is 13.2 Å². The number of halogens is 3. The quantitative estimate of drug-likeness (QED) is 0.878. The van der Waals surface area contributed by atoms with E-state index in [2.05, 4.69) is 10.1 Å².